The van der Waals surface area contributed by atoms with E-state index in [1.165, 1.54) is 0 Å². The third kappa shape index (κ3) is 6.88. The molecular formula is C22H29N3O5. The number of amides is 3. The summed E-state index contributed by atoms with van der Waals surface area (Å²) < 4.78 is 16.4. The molecule has 30 heavy (non-hydrogen) atoms. The van der Waals surface area contributed by atoms with E-state index in [1.807, 2.05) is 20.8 Å². The number of urea groups is 1. The molecule has 8 nitrogen and oxygen atoms in total. The number of carbonyl (C=O) groups is 2. The number of imide groups is 1. The molecule has 0 bridgehead atoms. The number of anilines is 1. The third-order valence-corrected chi connectivity index (χ3v) is 3.95. The van der Waals surface area contributed by atoms with E-state index in [2.05, 4.69) is 16.0 Å². The van der Waals surface area contributed by atoms with Crippen molar-refractivity contribution in [3.05, 3.63) is 42.5 Å². The number of ether oxygens (including phenoxy) is 3. The second kappa shape index (κ2) is 9.87. The monoisotopic (exact) mass is 415 g/mol. The molecule has 0 saturated heterocycles. The first kappa shape index (κ1) is 22.9. The molecule has 162 valence electrons. The predicted octanol–water partition coefficient (Wildman–Crippen LogP) is 3.92. The molecule has 0 aromatic heterocycles. The zero-order valence-corrected chi connectivity index (χ0v) is 18.2. The minimum absolute atomic E-state index is 0.440. The molecule has 0 heterocycles. The van der Waals surface area contributed by atoms with Gasteiger partial charge in [0, 0.05) is 17.3 Å². The predicted molar refractivity (Wildman–Crippen MR) is 116 cm³/mol. The summed E-state index contributed by atoms with van der Waals surface area (Å²) in [7, 11) is 3.14. The van der Waals surface area contributed by atoms with Crippen LogP contribution >= 0.6 is 0 Å². The van der Waals surface area contributed by atoms with Crippen molar-refractivity contribution in [3.63, 3.8) is 0 Å². The molecule has 0 radical (unpaired) electrons. The van der Waals surface area contributed by atoms with Gasteiger partial charge in [-0.15, -0.1) is 0 Å². The molecule has 2 aromatic rings. The van der Waals surface area contributed by atoms with Crippen molar-refractivity contribution in [2.24, 2.45) is 0 Å². The lowest BCUT2D eigenvalue weighted by Crippen LogP contribution is -2.51. The topological polar surface area (TPSA) is 97.9 Å². The van der Waals surface area contributed by atoms with Crippen LogP contribution in [-0.4, -0.2) is 37.7 Å². The number of benzene rings is 2. The average Bonchev–Trinajstić information content (AvgIpc) is 2.67. The van der Waals surface area contributed by atoms with Gasteiger partial charge in [0.05, 0.1) is 14.2 Å². The first-order valence-corrected chi connectivity index (χ1v) is 9.51. The molecule has 8 heteroatoms. The molecule has 3 N–H and O–H groups in total. The Bertz CT molecular complexity index is 875. The Morgan fingerprint density at radius 1 is 0.900 bits per heavy atom. The molecule has 0 saturated carbocycles. The maximum atomic E-state index is 12.3. The van der Waals surface area contributed by atoms with E-state index in [0.717, 1.165) is 5.75 Å². The Morgan fingerprint density at radius 2 is 1.53 bits per heavy atom. The second-order valence-electron chi connectivity index (χ2n) is 7.70. The minimum atomic E-state index is -0.655. The lowest BCUT2D eigenvalue weighted by Gasteiger charge is -2.22. The number of methoxy groups -OCH3 is 2. The first-order chi connectivity index (χ1) is 14.1. The van der Waals surface area contributed by atoms with Gasteiger partial charge in [0.15, 0.2) is 11.5 Å². The maximum absolute atomic E-state index is 12.3. The highest BCUT2D eigenvalue weighted by molar-refractivity contribution is 5.98. The zero-order chi connectivity index (χ0) is 22.3. The number of hydrogen-bond donors (Lipinski definition) is 3. The minimum Gasteiger partial charge on any atom is -0.497 e. The first-order valence-electron chi connectivity index (χ1n) is 9.51. The normalized spacial score (nSPS) is 11.8. The van der Waals surface area contributed by atoms with Crippen molar-refractivity contribution in [2.45, 2.75) is 39.3 Å². The Balaban J connectivity index is 2.07. The van der Waals surface area contributed by atoms with Gasteiger partial charge in [-0.05, 0) is 64.1 Å². The number of rotatable bonds is 7. The van der Waals surface area contributed by atoms with Gasteiger partial charge in [-0.25, -0.2) is 4.79 Å². The molecular weight excluding hydrogens is 386 g/mol. The largest absolute Gasteiger partial charge is 0.497 e. The summed E-state index contributed by atoms with van der Waals surface area (Å²) in [6.45, 7) is 7.16. The second-order valence-corrected chi connectivity index (χ2v) is 7.70. The lowest BCUT2D eigenvalue weighted by atomic mass is 10.1. The molecule has 0 aliphatic carbocycles. The number of nitrogens with one attached hydrogen (secondary N) is 3. The van der Waals surface area contributed by atoms with E-state index in [1.54, 1.807) is 63.6 Å². The van der Waals surface area contributed by atoms with Gasteiger partial charge in [0.1, 0.15) is 17.5 Å². The van der Waals surface area contributed by atoms with Crippen LogP contribution in [0.15, 0.2) is 42.5 Å². The fourth-order valence-corrected chi connectivity index (χ4v) is 2.52. The van der Waals surface area contributed by atoms with Gasteiger partial charge in [-0.2, -0.15) is 0 Å². The Morgan fingerprint density at radius 3 is 2.10 bits per heavy atom. The van der Waals surface area contributed by atoms with Crippen LogP contribution in [0.1, 0.15) is 27.7 Å². The van der Waals surface area contributed by atoms with Gasteiger partial charge in [0.25, 0.3) is 0 Å². The molecule has 2 rings (SSSR count). The van der Waals surface area contributed by atoms with Crippen LogP contribution in [0.3, 0.4) is 0 Å². The van der Waals surface area contributed by atoms with Crippen LogP contribution < -0.4 is 30.2 Å². The van der Waals surface area contributed by atoms with Crippen LogP contribution in [0.5, 0.6) is 23.0 Å². The standard InChI is InChI=1S/C22H29N3O5/c1-14(20(26)24-21(27)25-22(2,3)4)23-15-7-12-18(29-6)19(13-15)30-17-10-8-16(28-5)9-11-17/h7-14,23H,1-6H3,(H2,24,25,26,27). The van der Waals surface area contributed by atoms with Crippen molar-refractivity contribution in [2.75, 3.05) is 19.5 Å². The third-order valence-electron chi connectivity index (χ3n) is 3.95. The van der Waals surface area contributed by atoms with Gasteiger partial charge < -0.3 is 24.8 Å². The van der Waals surface area contributed by atoms with Crippen LogP contribution in [0.2, 0.25) is 0 Å². The summed E-state index contributed by atoms with van der Waals surface area (Å²) in [5, 5.41) is 8.07. The SMILES string of the molecule is COc1ccc(Oc2cc(NC(C)C(=O)NC(=O)NC(C)(C)C)ccc2OC)cc1. The van der Waals surface area contributed by atoms with E-state index in [4.69, 9.17) is 14.2 Å². The Hall–Kier alpha value is -3.42. The highest BCUT2D eigenvalue weighted by Gasteiger charge is 2.19. The summed E-state index contributed by atoms with van der Waals surface area (Å²) in [6.07, 6.45) is 0. The van der Waals surface area contributed by atoms with Crippen LogP contribution in [0.4, 0.5) is 10.5 Å². The average molecular weight is 415 g/mol. The fourth-order valence-electron chi connectivity index (χ4n) is 2.52. The summed E-state index contributed by atoms with van der Waals surface area (Å²) in [6, 6.07) is 11.2. The summed E-state index contributed by atoms with van der Waals surface area (Å²) in [4.78, 5) is 24.2. The van der Waals surface area contributed by atoms with E-state index >= 15 is 0 Å². The zero-order valence-electron chi connectivity index (χ0n) is 18.2. The van der Waals surface area contributed by atoms with Gasteiger partial charge >= 0.3 is 6.03 Å². The van der Waals surface area contributed by atoms with Crippen molar-refractivity contribution in [1.29, 1.82) is 0 Å². The fraction of sp³-hybridized carbons (Fsp3) is 0.364. The summed E-state index contributed by atoms with van der Waals surface area (Å²) in [5.41, 5.74) is 0.197. The van der Waals surface area contributed by atoms with Crippen molar-refractivity contribution in [1.82, 2.24) is 10.6 Å². The molecule has 1 unspecified atom stereocenters. The quantitative estimate of drug-likeness (QED) is 0.634. The molecule has 0 fully saturated rings. The van der Waals surface area contributed by atoms with Crippen molar-refractivity contribution < 1.29 is 23.8 Å². The highest BCUT2D eigenvalue weighted by Crippen LogP contribution is 2.34. The molecule has 0 spiro atoms. The van der Waals surface area contributed by atoms with Gasteiger partial charge in [-0.3, -0.25) is 10.1 Å². The van der Waals surface area contributed by atoms with Crippen LogP contribution in [0, 0.1) is 0 Å². The van der Waals surface area contributed by atoms with Gasteiger partial charge in [0.2, 0.25) is 5.91 Å². The molecule has 3 amide bonds. The highest BCUT2D eigenvalue weighted by atomic mass is 16.5. The smallest absolute Gasteiger partial charge is 0.321 e. The molecule has 2 aromatic carbocycles. The Kier molecular flexibility index (Phi) is 7.52. The van der Waals surface area contributed by atoms with Crippen LogP contribution in [-0.2, 0) is 4.79 Å². The number of hydrogen-bond acceptors (Lipinski definition) is 6. The van der Waals surface area contributed by atoms with Crippen molar-refractivity contribution >= 4 is 17.6 Å². The molecule has 0 aliphatic heterocycles. The van der Waals surface area contributed by atoms with E-state index < -0.39 is 23.5 Å². The molecule has 1 atom stereocenters. The van der Waals surface area contributed by atoms with Crippen LogP contribution in [0.25, 0.3) is 0 Å². The van der Waals surface area contributed by atoms with E-state index in [0.29, 0.717) is 22.9 Å². The van der Waals surface area contributed by atoms with Gasteiger partial charge in [-0.1, -0.05) is 0 Å². The van der Waals surface area contributed by atoms with Crippen molar-refractivity contribution in [3.8, 4) is 23.0 Å². The summed E-state index contributed by atoms with van der Waals surface area (Å²) >= 11 is 0. The molecule has 0 aliphatic rings. The number of carbonyl (C=O) groups excluding carboxylic acids is 2. The summed E-state index contributed by atoms with van der Waals surface area (Å²) in [5.74, 6) is 1.89. The van der Waals surface area contributed by atoms with E-state index in [-0.39, 0.29) is 0 Å². The van der Waals surface area contributed by atoms with E-state index in [9.17, 15) is 9.59 Å². The lowest BCUT2D eigenvalue weighted by molar-refractivity contribution is -0.120. The maximum Gasteiger partial charge on any atom is 0.321 e. The Labute approximate surface area is 176 Å².